The van der Waals surface area contributed by atoms with Gasteiger partial charge >= 0.3 is 0 Å². The van der Waals surface area contributed by atoms with E-state index in [-0.39, 0.29) is 10.9 Å². The molecular formula is C19H25N3O3S2. The minimum atomic E-state index is -3.50. The van der Waals surface area contributed by atoms with Gasteiger partial charge in [-0.1, -0.05) is 23.8 Å². The maximum absolute atomic E-state index is 12.3. The van der Waals surface area contributed by atoms with Gasteiger partial charge in [0, 0.05) is 25.3 Å². The summed E-state index contributed by atoms with van der Waals surface area (Å²) in [5, 5.41) is 6.64. The maximum atomic E-state index is 12.3. The van der Waals surface area contributed by atoms with Gasteiger partial charge in [-0.25, -0.2) is 12.7 Å². The average molecular weight is 408 g/mol. The average Bonchev–Trinajstić information content (AvgIpc) is 2.61. The van der Waals surface area contributed by atoms with Crippen LogP contribution >= 0.6 is 12.2 Å². The van der Waals surface area contributed by atoms with Crippen LogP contribution in [0.5, 0.6) is 5.75 Å². The van der Waals surface area contributed by atoms with E-state index in [1.54, 1.807) is 31.4 Å². The van der Waals surface area contributed by atoms with E-state index in [9.17, 15) is 8.42 Å². The molecule has 2 rings (SSSR count). The molecule has 2 aromatic rings. The third-order valence-electron chi connectivity index (χ3n) is 4.07. The van der Waals surface area contributed by atoms with E-state index in [0.717, 1.165) is 16.9 Å². The summed E-state index contributed by atoms with van der Waals surface area (Å²) in [6.45, 7) is 4.00. The van der Waals surface area contributed by atoms with Crippen LogP contribution in [-0.2, 0) is 10.0 Å². The Bertz CT molecular complexity index is 928. The Balaban J connectivity index is 2.14. The largest absolute Gasteiger partial charge is 0.496 e. The predicted molar refractivity (Wildman–Crippen MR) is 113 cm³/mol. The minimum Gasteiger partial charge on any atom is -0.496 e. The van der Waals surface area contributed by atoms with E-state index in [2.05, 4.69) is 10.6 Å². The molecule has 0 radical (unpaired) electrons. The molecule has 27 heavy (non-hydrogen) atoms. The van der Waals surface area contributed by atoms with Crippen LogP contribution in [0.4, 0.5) is 5.69 Å². The SMILES string of the molecule is COc1ccc(C)cc1[C@@H](C)NC(=S)Nc1cccc(S(=O)(=O)N(C)C)c1. The highest BCUT2D eigenvalue weighted by Crippen LogP contribution is 2.26. The quantitative estimate of drug-likeness (QED) is 0.716. The first-order chi connectivity index (χ1) is 12.6. The zero-order valence-electron chi connectivity index (χ0n) is 16.1. The van der Waals surface area contributed by atoms with Crippen molar-refractivity contribution >= 4 is 33.0 Å². The third-order valence-corrected chi connectivity index (χ3v) is 6.10. The summed E-state index contributed by atoms with van der Waals surface area (Å²) in [5.74, 6) is 0.780. The van der Waals surface area contributed by atoms with E-state index in [4.69, 9.17) is 17.0 Å². The second-order valence-electron chi connectivity index (χ2n) is 6.38. The van der Waals surface area contributed by atoms with Crippen LogP contribution in [0, 0.1) is 6.92 Å². The normalized spacial score (nSPS) is 12.5. The fourth-order valence-corrected chi connectivity index (χ4v) is 3.82. The van der Waals surface area contributed by atoms with Crippen LogP contribution in [0.3, 0.4) is 0 Å². The first-order valence-electron chi connectivity index (χ1n) is 8.40. The van der Waals surface area contributed by atoms with Crippen molar-refractivity contribution in [1.82, 2.24) is 9.62 Å². The second kappa shape index (κ2) is 8.69. The monoisotopic (exact) mass is 407 g/mol. The molecule has 1 atom stereocenters. The van der Waals surface area contributed by atoms with Crippen LogP contribution < -0.4 is 15.4 Å². The molecule has 6 nitrogen and oxygen atoms in total. The maximum Gasteiger partial charge on any atom is 0.242 e. The fraction of sp³-hybridized carbons (Fsp3) is 0.316. The lowest BCUT2D eigenvalue weighted by atomic mass is 10.0. The number of sulfonamides is 1. The third kappa shape index (κ3) is 5.18. The molecule has 0 fully saturated rings. The van der Waals surface area contributed by atoms with E-state index < -0.39 is 10.0 Å². The minimum absolute atomic E-state index is 0.0893. The summed E-state index contributed by atoms with van der Waals surface area (Å²) in [5.41, 5.74) is 2.71. The first kappa shape index (κ1) is 21.1. The lowest BCUT2D eigenvalue weighted by Gasteiger charge is -2.20. The number of benzene rings is 2. The molecule has 8 heteroatoms. The number of anilines is 1. The van der Waals surface area contributed by atoms with Crippen molar-refractivity contribution in [2.75, 3.05) is 26.5 Å². The van der Waals surface area contributed by atoms with Gasteiger partial charge in [0.05, 0.1) is 18.0 Å². The molecule has 2 aromatic carbocycles. The van der Waals surface area contributed by atoms with E-state index in [0.29, 0.717) is 10.8 Å². The Morgan fingerprint density at radius 3 is 2.52 bits per heavy atom. The number of hydrogen-bond donors (Lipinski definition) is 2. The van der Waals surface area contributed by atoms with Crippen LogP contribution in [0.2, 0.25) is 0 Å². The van der Waals surface area contributed by atoms with Crippen molar-refractivity contribution in [2.45, 2.75) is 24.8 Å². The topological polar surface area (TPSA) is 70.7 Å². The Kier molecular flexibility index (Phi) is 6.80. The molecule has 0 aromatic heterocycles. The Hall–Kier alpha value is -2.16. The number of ether oxygens (including phenoxy) is 1. The van der Waals surface area contributed by atoms with Gasteiger partial charge in [0.15, 0.2) is 5.11 Å². The van der Waals surface area contributed by atoms with Crippen LogP contribution in [0.15, 0.2) is 47.4 Å². The van der Waals surface area contributed by atoms with Gasteiger partial charge in [-0.05, 0) is 50.3 Å². The highest BCUT2D eigenvalue weighted by molar-refractivity contribution is 7.89. The number of methoxy groups -OCH3 is 1. The zero-order valence-corrected chi connectivity index (χ0v) is 17.7. The van der Waals surface area contributed by atoms with Crippen molar-refractivity contribution < 1.29 is 13.2 Å². The van der Waals surface area contributed by atoms with Gasteiger partial charge in [-0.2, -0.15) is 0 Å². The molecule has 0 spiro atoms. The van der Waals surface area contributed by atoms with Crippen LogP contribution in [0.25, 0.3) is 0 Å². The van der Waals surface area contributed by atoms with Crippen molar-refractivity contribution in [2.24, 2.45) is 0 Å². The summed E-state index contributed by atoms with van der Waals surface area (Å²) >= 11 is 5.39. The fourth-order valence-electron chi connectivity index (χ4n) is 2.58. The van der Waals surface area contributed by atoms with Crippen LogP contribution in [0.1, 0.15) is 24.1 Å². The molecule has 0 saturated heterocycles. The van der Waals surface area contributed by atoms with Gasteiger partial charge in [-0.3, -0.25) is 0 Å². The van der Waals surface area contributed by atoms with Gasteiger partial charge in [0.25, 0.3) is 0 Å². The van der Waals surface area contributed by atoms with E-state index in [1.807, 2.05) is 32.0 Å². The van der Waals surface area contributed by atoms with Crippen LogP contribution in [-0.4, -0.2) is 39.0 Å². The number of nitrogens with one attached hydrogen (secondary N) is 2. The molecule has 2 N–H and O–H groups in total. The summed E-state index contributed by atoms with van der Waals surface area (Å²) < 4.78 is 31.1. The number of hydrogen-bond acceptors (Lipinski definition) is 4. The number of thiocarbonyl (C=S) groups is 1. The Labute approximate surface area is 166 Å². The molecule has 0 heterocycles. The number of nitrogens with zero attached hydrogens (tertiary/aromatic N) is 1. The zero-order chi connectivity index (χ0) is 20.2. The van der Waals surface area contributed by atoms with Gasteiger partial charge in [0.1, 0.15) is 5.75 Å². The van der Waals surface area contributed by atoms with Crippen molar-refractivity contribution in [1.29, 1.82) is 0 Å². The number of aryl methyl sites for hydroxylation is 1. The van der Waals surface area contributed by atoms with Gasteiger partial charge in [-0.15, -0.1) is 0 Å². The molecule has 0 aliphatic carbocycles. The smallest absolute Gasteiger partial charge is 0.242 e. The standard InChI is InChI=1S/C19H25N3O3S2/c1-13-9-10-18(25-5)17(11-13)14(2)20-19(26)21-15-7-6-8-16(12-15)27(23,24)22(3)4/h6-12,14H,1-5H3,(H2,20,21,26)/t14-/m1/s1. The Morgan fingerprint density at radius 2 is 1.89 bits per heavy atom. The lowest BCUT2D eigenvalue weighted by Crippen LogP contribution is -2.31. The summed E-state index contributed by atoms with van der Waals surface area (Å²) in [6, 6.07) is 12.4. The highest BCUT2D eigenvalue weighted by Gasteiger charge is 2.18. The molecule has 0 saturated carbocycles. The predicted octanol–water partition coefficient (Wildman–Crippen LogP) is 3.30. The van der Waals surface area contributed by atoms with Gasteiger partial charge < -0.3 is 15.4 Å². The second-order valence-corrected chi connectivity index (χ2v) is 8.94. The van der Waals surface area contributed by atoms with E-state index in [1.165, 1.54) is 18.4 Å². The van der Waals surface area contributed by atoms with Crippen molar-refractivity contribution in [3.63, 3.8) is 0 Å². The summed E-state index contributed by atoms with van der Waals surface area (Å²) in [7, 11) is 1.13. The summed E-state index contributed by atoms with van der Waals surface area (Å²) in [6.07, 6.45) is 0. The van der Waals surface area contributed by atoms with Gasteiger partial charge in [0.2, 0.25) is 10.0 Å². The lowest BCUT2D eigenvalue weighted by molar-refractivity contribution is 0.405. The molecule has 0 aliphatic rings. The molecule has 0 bridgehead atoms. The Morgan fingerprint density at radius 1 is 1.19 bits per heavy atom. The molecule has 146 valence electrons. The highest BCUT2D eigenvalue weighted by atomic mass is 32.2. The summed E-state index contributed by atoms with van der Waals surface area (Å²) in [4.78, 5) is 0.203. The van der Waals surface area contributed by atoms with E-state index >= 15 is 0 Å². The van der Waals surface area contributed by atoms with Crippen molar-refractivity contribution in [3.05, 3.63) is 53.6 Å². The molecule has 0 aliphatic heterocycles. The first-order valence-corrected chi connectivity index (χ1v) is 10.2. The number of rotatable bonds is 6. The van der Waals surface area contributed by atoms with Crippen molar-refractivity contribution in [3.8, 4) is 5.75 Å². The molecule has 0 amide bonds. The molecular weight excluding hydrogens is 382 g/mol. The molecule has 0 unspecified atom stereocenters.